The molecule has 1 amide bonds. The normalized spacial score (nSPS) is 11.3. The van der Waals surface area contributed by atoms with Crippen molar-refractivity contribution >= 4 is 48.9 Å². The molecular formula is C20H27BrN4O3S. The SMILES string of the molecule is CCNc1ccc(S(=O)(=O)N(CC)CC)cc1NCC(=O)Nc1ccccc1Br. The number of para-hydroxylation sites is 1. The number of anilines is 3. The molecule has 0 spiro atoms. The predicted molar refractivity (Wildman–Crippen MR) is 122 cm³/mol. The number of sulfonamides is 1. The summed E-state index contributed by atoms with van der Waals surface area (Å²) in [4.78, 5) is 12.5. The van der Waals surface area contributed by atoms with Crippen molar-refractivity contribution in [2.75, 3.05) is 42.1 Å². The standard InChI is InChI=1S/C20H27BrN4O3S/c1-4-22-18-12-11-15(29(27,28)25(5-2)6-3)13-19(18)23-14-20(26)24-17-10-8-7-9-16(17)21/h7-13,22-23H,4-6,14H2,1-3H3,(H,24,26). The molecule has 7 nitrogen and oxygen atoms in total. The van der Waals surface area contributed by atoms with Crippen molar-refractivity contribution in [1.82, 2.24) is 4.31 Å². The topological polar surface area (TPSA) is 90.5 Å². The molecule has 2 rings (SSSR count). The summed E-state index contributed by atoms with van der Waals surface area (Å²) in [7, 11) is -3.59. The average Bonchev–Trinajstić information content (AvgIpc) is 2.70. The van der Waals surface area contributed by atoms with Gasteiger partial charge in [-0.25, -0.2) is 8.42 Å². The lowest BCUT2D eigenvalue weighted by molar-refractivity contribution is -0.114. The van der Waals surface area contributed by atoms with Crippen LogP contribution in [0.3, 0.4) is 0 Å². The van der Waals surface area contributed by atoms with E-state index in [2.05, 4.69) is 31.9 Å². The van der Waals surface area contributed by atoms with Crippen LogP contribution in [0.5, 0.6) is 0 Å². The lowest BCUT2D eigenvalue weighted by Gasteiger charge is -2.20. The van der Waals surface area contributed by atoms with E-state index in [9.17, 15) is 13.2 Å². The lowest BCUT2D eigenvalue weighted by atomic mass is 10.2. The molecule has 158 valence electrons. The van der Waals surface area contributed by atoms with Crippen LogP contribution in [-0.2, 0) is 14.8 Å². The van der Waals surface area contributed by atoms with Crippen LogP contribution in [0.15, 0.2) is 51.8 Å². The Labute approximate surface area is 181 Å². The van der Waals surface area contributed by atoms with E-state index in [1.54, 1.807) is 38.1 Å². The summed E-state index contributed by atoms with van der Waals surface area (Å²) >= 11 is 3.39. The van der Waals surface area contributed by atoms with E-state index in [0.717, 1.165) is 10.2 Å². The summed E-state index contributed by atoms with van der Waals surface area (Å²) < 4.78 is 27.8. The first-order valence-electron chi connectivity index (χ1n) is 9.49. The Hall–Kier alpha value is -2.10. The Morgan fingerprint density at radius 2 is 1.66 bits per heavy atom. The van der Waals surface area contributed by atoms with Crippen molar-refractivity contribution in [2.45, 2.75) is 25.7 Å². The molecule has 0 aromatic heterocycles. The van der Waals surface area contributed by atoms with Gasteiger partial charge in [0.05, 0.1) is 28.5 Å². The minimum atomic E-state index is -3.59. The van der Waals surface area contributed by atoms with Gasteiger partial charge >= 0.3 is 0 Å². The highest BCUT2D eigenvalue weighted by Gasteiger charge is 2.22. The highest BCUT2D eigenvalue weighted by Crippen LogP contribution is 2.27. The van der Waals surface area contributed by atoms with Crippen LogP contribution < -0.4 is 16.0 Å². The molecule has 0 unspecified atom stereocenters. The molecule has 2 aromatic carbocycles. The van der Waals surface area contributed by atoms with E-state index in [-0.39, 0.29) is 17.3 Å². The Kier molecular flexibility index (Phi) is 8.48. The minimum Gasteiger partial charge on any atom is -0.384 e. The molecule has 0 aliphatic carbocycles. The van der Waals surface area contributed by atoms with Gasteiger partial charge in [0.15, 0.2) is 0 Å². The number of carbonyl (C=O) groups excluding carboxylic acids is 1. The third kappa shape index (κ3) is 5.94. The summed E-state index contributed by atoms with van der Waals surface area (Å²) in [6.45, 7) is 7.01. The maximum atomic E-state index is 12.8. The zero-order valence-electron chi connectivity index (χ0n) is 16.8. The number of nitrogens with one attached hydrogen (secondary N) is 3. The fourth-order valence-corrected chi connectivity index (χ4v) is 4.69. The van der Waals surface area contributed by atoms with E-state index in [0.29, 0.717) is 31.0 Å². The van der Waals surface area contributed by atoms with E-state index >= 15 is 0 Å². The first-order chi connectivity index (χ1) is 13.8. The number of benzene rings is 2. The van der Waals surface area contributed by atoms with Crippen molar-refractivity contribution in [3.05, 3.63) is 46.9 Å². The molecule has 29 heavy (non-hydrogen) atoms. The van der Waals surface area contributed by atoms with Gasteiger partial charge in [0.2, 0.25) is 15.9 Å². The lowest BCUT2D eigenvalue weighted by Crippen LogP contribution is -2.30. The highest BCUT2D eigenvalue weighted by atomic mass is 79.9. The molecule has 0 heterocycles. The van der Waals surface area contributed by atoms with Crippen LogP contribution in [0.25, 0.3) is 0 Å². The van der Waals surface area contributed by atoms with Crippen LogP contribution in [0.4, 0.5) is 17.1 Å². The van der Waals surface area contributed by atoms with Crippen LogP contribution in [0.1, 0.15) is 20.8 Å². The molecule has 9 heteroatoms. The molecule has 0 saturated heterocycles. The average molecular weight is 483 g/mol. The highest BCUT2D eigenvalue weighted by molar-refractivity contribution is 9.10. The smallest absolute Gasteiger partial charge is 0.243 e. The van der Waals surface area contributed by atoms with Crippen LogP contribution in [-0.4, -0.2) is 44.8 Å². The van der Waals surface area contributed by atoms with Crippen molar-refractivity contribution in [1.29, 1.82) is 0 Å². The van der Waals surface area contributed by atoms with Crippen LogP contribution in [0.2, 0.25) is 0 Å². The van der Waals surface area contributed by atoms with Crippen molar-refractivity contribution in [3.63, 3.8) is 0 Å². The van der Waals surface area contributed by atoms with Gasteiger partial charge in [0.1, 0.15) is 0 Å². The molecule has 0 atom stereocenters. The van der Waals surface area contributed by atoms with Crippen LogP contribution in [0, 0.1) is 0 Å². The number of carbonyl (C=O) groups is 1. The maximum absolute atomic E-state index is 12.8. The second-order valence-corrected chi connectivity index (χ2v) is 9.00. The van der Waals surface area contributed by atoms with E-state index in [1.807, 2.05) is 25.1 Å². The summed E-state index contributed by atoms with van der Waals surface area (Å²) in [5.74, 6) is -0.239. The summed E-state index contributed by atoms with van der Waals surface area (Å²) in [5.41, 5.74) is 1.96. The molecule has 0 aliphatic rings. The summed E-state index contributed by atoms with van der Waals surface area (Å²) in [5, 5.41) is 9.05. The molecule has 0 radical (unpaired) electrons. The Bertz CT molecular complexity index is 946. The molecule has 3 N–H and O–H groups in total. The third-order valence-corrected chi connectivity index (χ3v) is 7.03. The first kappa shape index (κ1) is 23.2. The fraction of sp³-hybridized carbons (Fsp3) is 0.350. The molecule has 2 aromatic rings. The Morgan fingerprint density at radius 3 is 2.28 bits per heavy atom. The van der Waals surface area contributed by atoms with Gasteiger partial charge in [-0.05, 0) is 53.2 Å². The summed E-state index contributed by atoms with van der Waals surface area (Å²) in [6, 6.07) is 12.2. The number of nitrogens with zero attached hydrogens (tertiary/aromatic N) is 1. The zero-order chi connectivity index (χ0) is 21.4. The predicted octanol–water partition coefficient (Wildman–Crippen LogP) is 3.96. The second kappa shape index (κ2) is 10.6. The van der Waals surface area contributed by atoms with Crippen LogP contribution >= 0.6 is 15.9 Å². The second-order valence-electron chi connectivity index (χ2n) is 6.21. The minimum absolute atomic E-state index is 0.00546. The first-order valence-corrected chi connectivity index (χ1v) is 11.7. The zero-order valence-corrected chi connectivity index (χ0v) is 19.2. The fourth-order valence-electron chi connectivity index (χ4n) is 2.82. The van der Waals surface area contributed by atoms with Crippen molar-refractivity contribution < 1.29 is 13.2 Å². The van der Waals surface area contributed by atoms with Gasteiger partial charge in [-0.1, -0.05) is 26.0 Å². The molecular weight excluding hydrogens is 456 g/mol. The number of amides is 1. The quantitative estimate of drug-likeness (QED) is 0.476. The monoisotopic (exact) mass is 482 g/mol. The Morgan fingerprint density at radius 1 is 0.966 bits per heavy atom. The third-order valence-electron chi connectivity index (χ3n) is 4.29. The van der Waals surface area contributed by atoms with Gasteiger partial charge in [0, 0.05) is 24.1 Å². The molecule has 0 fully saturated rings. The number of halogens is 1. The van der Waals surface area contributed by atoms with Gasteiger partial charge in [-0.3, -0.25) is 4.79 Å². The maximum Gasteiger partial charge on any atom is 0.243 e. The van der Waals surface area contributed by atoms with Crippen molar-refractivity contribution in [3.8, 4) is 0 Å². The molecule has 0 bridgehead atoms. The van der Waals surface area contributed by atoms with E-state index in [1.165, 1.54) is 4.31 Å². The largest absolute Gasteiger partial charge is 0.384 e. The van der Waals surface area contributed by atoms with E-state index in [4.69, 9.17) is 0 Å². The van der Waals surface area contributed by atoms with Gasteiger partial charge < -0.3 is 16.0 Å². The molecule has 0 aliphatic heterocycles. The van der Waals surface area contributed by atoms with Gasteiger partial charge in [0.25, 0.3) is 0 Å². The van der Waals surface area contributed by atoms with Gasteiger partial charge in [-0.2, -0.15) is 4.31 Å². The van der Waals surface area contributed by atoms with Gasteiger partial charge in [-0.15, -0.1) is 0 Å². The number of hydrogen-bond donors (Lipinski definition) is 3. The molecule has 0 saturated carbocycles. The number of rotatable bonds is 10. The van der Waals surface area contributed by atoms with Crippen molar-refractivity contribution in [2.24, 2.45) is 0 Å². The number of hydrogen-bond acceptors (Lipinski definition) is 5. The Balaban J connectivity index is 2.21. The summed E-state index contributed by atoms with van der Waals surface area (Å²) in [6.07, 6.45) is 0. The van der Waals surface area contributed by atoms with E-state index < -0.39 is 10.0 Å².